The minimum Gasteiger partial charge on any atom is -0.393 e. The Balaban J connectivity index is 1.19. The fraction of sp³-hybridized carbons (Fsp3) is 0.700. The van der Waals surface area contributed by atoms with Crippen molar-refractivity contribution < 1.29 is 9.90 Å². The second-order valence-electron chi connectivity index (χ2n) is 12.2. The fourth-order valence-electron chi connectivity index (χ4n) is 8.76. The molecule has 34 heavy (non-hydrogen) atoms. The van der Waals surface area contributed by atoms with E-state index in [1.54, 1.807) is 5.57 Å². The van der Waals surface area contributed by atoms with Gasteiger partial charge >= 0.3 is 0 Å². The van der Waals surface area contributed by atoms with Crippen molar-refractivity contribution in [1.82, 2.24) is 0 Å². The molecule has 7 unspecified atom stereocenters. The molecule has 0 spiro atoms. The fourth-order valence-corrected chi connectivity index (χ4v) is 8.76. The molecule has 1 aromatic rings. The molecule has 5 rings (SSSR count). The number of carbonyl (C=O) groups is 1. The van der Waals surface area contributed by atoms with Crippen LogP contribution in [0.5, 0.6) is 0 Å². The maximum atomic E-state index is 12.6. The van der Waals surface area contributed by atoms with Gasteiger partial charge in [-0.15, -0.1) is 0 Å². The zero-order valence-electron chi connectivity index (χ0n) is 21.4. The van der Waals surface area contributed by atoms with Gasteiger partial charge in [0.1, 0.15) is 0 Å². The van der Waals surface area contributed by atoms with Gasteiger partial charge in [0.15, 0.2) is 0 Å². The number of amides is 1. The number of fused-ring (bicyclic) bond motifs is 5. The molecule has 3 saturated carbocycles. The van der Waals surface area contributed by atoms with Crippen molar-refractivity contribution in [2.75, 3.05) is 17.7 Å². The van der Waals surface area contributed by atoms with Gasteiger partial charge < -0.3 is 15.7 Å². The molecule has 0 bridgehead atoms. The van der Waals surface area contributed by atoms with Crippen LogP contribution in [0.4, 0.5) is 11.4 Å². The second kappa shape index (κ2) is 9.33. The minimum absolute atomic E-state index is 0.121. The van der Waals surface area contributed by atoms with E-state index in [0.717, 1.165) is 54.3 Å². The van der Waals surface area contributed by atoms with Gasteiger partial charge in [-0.2, -0.15) is 0 Å². The molecule has 0 aromatic heterocycles. The Kier molecular flexibility index (Phi) is 6.56. The van der Waals surface area contributed by atoms with Gasteiger partial charge in [0, 0.05) is 13.5 Å². The molecule has 0 heterocycles. The van der Waals surface area contributed by atoms with E-state index in [4.69, 9.17) is 0 Å². The zero-order valence-corrected chi connectivity index (χ0v) is 21.4. The highest BCUT2D eigenvalue weighted by atomic mass is 16.3. The summed E-state index contributed by atoms with van der Waals surface area (Å²) in [5, 5.41) is 16.5. The van der Waals surface area contributed by atoms with Crippen LogP contribution in [0.1, 0.15) is 84.5 Å². The average molecular weight is 465 g/mol. The van der Waals surface area contributed by atoms with E-state index in [-0.39, 0.29) is 12.0 Å². The molecule has 3 fully saturated rings. The first-order valence-corrected chi connectivity index (χ1v) is 13.8. The van der Waals surface area contributed by atoms with E-state index >= 15 is 0 Å². The summed E-state index contributed by atoms with van der Waals surface area (Å²) in [6.07, 6.45) is 14.8. The van der Waals surface area contributed by atoms with Gasteiger partial charge in [0.2, 0.25) is 5.91 Å². The van der Waals surface area contributed by atoms with Crippen LogP contribution in [0.3, 0.4) is 0 Å². The number of benzene rings is 1. The van der Waals surface area contributed by atoms with Gasteiger partial charge in [0.25, 0.3) is 0 Å². The molecule has 0 radical (unpaired) electrons. The van der Waals surface area contributed by atoms with Gasteiger partial charge in [-0.1, -0.05) is 37.6 Å². The zero-order chi connectivity index (χ0) is 23.9. The number of hydrogen-bond donors (Lipinski definition) is 3. The molecule has 0 saturated heterocycles. The summed E-state index contributed by atoms with van der Waals surface area (Å²) in [6.45, 7) is 5.10. The van der Waals surface area contributed by atoms with E-state index in [0.29, 0.717) is 17.3 Å². The number of aliphatic hydroxyl groups excluding tert-OH is 1. The Bertz CT molecular complexity index is 941. The molecule has 1 aromatic carbocycles. The Labute approximate surface area is 206 Å². The second-order valence-corrected chi connectivity index (χ2v) is 12.2. The standard InChI is InChI=1S/C30H44N2O2/c1-29-18-16-25-23(13-11-21-19-22(33)15-17-30(21,25)2)24(29)14-12-20(29)7-6-10-28(34)32-27-9-5-4-8-26(27)31-3/h4-5,8-9,11,20,22-25,31,33H,6-7,10,12-19H2,1-3H3,(H,32,34). The lowest BCUT2D eigenvalue weighted by Gasteiger charge is -2.58. The summed E-state index contributed by atoms with van der Waals surface area (Å²) in [6, 6.07) is 7.90. The molecule has 4 aliphatic carbocycles. The first kappa shape index (κ1) is 23.9. The van der Waals surface area contributed by atoms with Crippen molar-refractivity contribution in [3.05, 3.63) is 35.9 Å². The third kappa shape index (κ3) is 4.10. The van der Waals surface area contributed by atoms with Crippen molar-refractivity contribution in [2.24, 2.45) is 34.5 Å². The van der Waals surface area contributed by atoms with Crippen molar-refractivity contribution in [3.8, 4) is 0 Å². The van der Waals surface area contributed by atoms with Crippen LogP contribution in [0.25, 0.3) is 0 Å². The lowest BCUT2D eigenvalue weighted by Crippen LogP contribution is -2.50. The molecule has 4 heteroatoms. The summed E-state index contributed by atoms with van der Waals surface area (Å²) in [4.78, 5) is 12.6. The van der Waals surface area contributed by atoms with Crippen molar-refractivity contribution in [2.45, 2.75) is 90.6 Å². The molecule has 4 aliphatic rings. The van der Waals surface area contributed by atoms with E-state index in [9.17, 15) is 9.90 Å². The lowest BCUT2D eigenvalue weighted by molar-refractivity contribution is -0.116. The Morgan fingerprint density at radius 3 is 2.65 bits per heavy atom. The number of rotatable bonds is 6. The van der Waals surface area contributed by atoms with Gasteiger partial charge in [-0.25, -0.2) is 0 Å². The van der Waals surface area contributed by atoms with E-state index in [1.165, 1.54) is 44.9 Å². The number of aliphatic hydroxyl groups is 1. The number of carbonyl (C=O) groups excluding carboxylic acids is 1. The summed E-state index contributed by atoms with van der Waals surface area (Å²) in [5.74, 6) is 3.32. The van der Waals surface area contributed by atoms with Crippen molar-refractivity contribution in [1.29, 1.82) is 0 Å². The number of hydrogen-bond acceptors (Lipinski definition) is 3. The van der Waals surface area contributed by atoms with Crippen LogP contribution in [0.2, 0.25) is 0 Å². The summed E-state index contributed by atoms with van der Waals surface area (Å²) < 4.78 is 0. The van der Waals surface area contributed by atoms with Crippen LogP contribution < -0.4 is 10.6 Å². The van der Waals surface area contributed by atoms with E-state index < -0.39 is 0 Å². The third-order valence-corrected chi connectivity index (χ3v) is 10.7. The maximum Gasteiger partial charge on any atom is 0.224 e. The van der Waals surface area contributed by atoms with Crippen LogP contribution >= 0.6 is 0 Å². The van der Waals surface area contributed by atoms with Gasteiger partial charge in [-0.05, 0) is 111 Å². The molecule has 7 atom stereocenters. The topological polar surface area (TPSA) is 61.4 Å². The summed E-state index contributed by atoms with van der Waals surface area (Å²) >= 11 is 0. The average Bonchev–Trinajstić information content (AvgIpc) is 3.16. The molecule has 3 N–H and O–H groups in total. The molecule has 0 aliphatic heterocycles. The predicted octanol–water partition coefficient (Wildman–Crippen LogP) is 6.78. The van der Waals surface area contributed by atoms with Crippen molar-refractivity contribution >= 4 is 17.3 Å². The Morgan fingerprint density at radius 2 is 1.85 bits per heavy atom. The van der Waals surface area contributed by atoms with Crippen LogP contribution in [-0.2, 0) is 4.79 Å². The molecular weight excluding hydrogens is 420 g/mol. The van der Waals surface area contributed by atoms with Crippen LogP contribution in [-0.4, -0.2) is 24.2 Å². The number of para-hydroxylation sites is 2. The van der Waals surface area contributed by atoms with Crippen molar-refractivity contribution in [3.63, 3.8) is 0 Å². The predicted molar refractivity (Wildman–Crippen MR) is 140 cm³/mol. The third-order valence-electron chi connectivity index (χ3n) is 10.7. The monoisotopic (exact) mass is 464 g/mol. The Morgan fingerprint density at radius 1 is 1.06 bits per heavy atom. The summed E-state index contributed by atoms with van der Waals surface area (Å²) in [5.41, 5.74) is 4.16. The van der Waals surface area contributed by atoms with Gasteiger partial charge in [0.05, 0.1) is 17.5 Å². The molecule has 4 nitrogen and oxygen atoms in total. The highest BCUT2D eigenvalue weighted by molar-refractivity contribution is 5.94. The van der Waals surface area contributed by atoms with Crippen LogP contribution in [0.15, 0.2) is 35.9 Å². The number of nitrogens with one attached hydrogen (secondary N) is 2. The highest BCUT2D eigenvalue weighted by Crippen LogP contribution is 2.66. The quantitative estimate of drug-likeness (QED) is 0.407. The SMILES string of the molecule is CNc1ccccc1NC(=O)CCCC1CCC2C3CC=C4CC(O)CCC4(C)C3CCC12C. The van der Waals surface area contributed by atoms with Gasteiger partial charge in [-0.3, -0.25) is 4.79 Å². The summed E-state index contributed by atoms with van der Waals surface area (Å²) in [7, 11) is 1.89. The molecule has 1 amide bonds. The number of anilines is 2. The van der Waals surface area contributed by atoms with E-state index in [1.807, 2.05) is 31.3 Å². The largest absolute Gasteiger partial charge is 0.393 e. The highest BCUT2D eigenvalue weighted by Gasteiger charge is 2.58. The van der Waals surface area contributed by atoms with Crippen LogP contribution in [0, 0.1) is 34.5 Å². The first-order valence-electron chi connectivity index (χ1n) is 13.8. The molecule has 186 valence electrons. The molecular formula is C30H44N2O2. The lowest BCUT2D eigenvalue weighted by atomic mass is 9.47. The minimum atomic E-state index is -0.121. The maximum absolute atomic E-state index is 12.6. The Hall–Kier alpha value is -1.81. The normalized spacial score (nSPS) is 38.8. The van der Waals surface area contributed by atoms with E-state index in [2.05, 4.69) is 30.6 Å². The first-order chi connectivity index (χ1) is 16.3. The number of allylic oxidation sites excluding steroid dienone is 1. The smallest absolute Gasteiger partial charge is 0.224 e.